The molecule has 0 heterocycles. The van der Waals surface area contributed by atoms with Crippen molar-refractivity contribution in [3.8, 4) is 0 Å². The van der Waals surface area contributed by atoms with Crippen LogP contribution < -0.4 is 0 Å². The first-order chi connectivity index (χ1) is 5.29. The van der Waals surface area contributed by atoms with Gasteiger partial charge in [-0.2, -0.15) is 0 Å². The zero-order valence-electron chi connectivity index (χ0n) is 6.99. The molecular weight excluding hydrogens is 184 g/mol. The Labute approximate surface area is 76.1 Å². The molecule has 12 heavy (non-hydrogen) atoms. The predicted molar refractivity (Wildman–Crippen MR) is 46.0 cm³/mol. The first-order valence-corrected chi connectivity index (χ1v) is 3.61. The largest absolute Gasteiger partial charge is 0.478 e. The summed E-state index contributed by atoms with van der Waals surface area (Å²) in [6.07, 6.45) is -0.827. The highest BCUT2D eigenvalue weighted by molar-refractivity contribution is 6.19. The number of hydrogen-bond acceptors (Lipinski definition) is 3. The normalized spacial score (nSPS) is 13.8. The summed E-state index contributed by atoms with van der Waals surface area (Å²) < 4.78 is 0. The van der Waals surface area contributed by atoms with E-state index in [1.165, 1.54) is 13.8 Å². The number of alkyl halides is 1. The second-order valence-corrected chi connectivity index (χ2v) is 2.65. The van der Waals surface area contributed by atoms with Gasteiger partial charge in [-0.1, -0.05) is 18.2 Å². The number of carboxylic acid groups (broad SMARTS) is 1. The molecule has 0 aliphatic carbocycles. The fraction of sp³-hybridized carbons (Fsp3) is 0.571. The minimum absolute atomic E-state index is 0.176. The molecule has 4 nitrogen and oxygen atoms in total. The van der Waals surface area contributed by atoms with Crippen LogP contribution in [0, 0.1) is 0 Å². The molecule has 0 saturated carbocycles. The molecule has 2 unspecified atom stereocenters. The highest BCUT2D eigenvalue weighted by atomic mass is 35.5. The Morgan fingerprint density at radius 2 is 1.67 bits per heavy atom. The van der Waals surface area contributed by atoms with E-state index in [0.717, 1.165) is 0 Å². The first-order valence-electron chi connectivity index (χ1n) is 3.18. The van der Waals surface area contributed by atoms with E-state index in [9.17, 15) is 4.79 Å². The molecule has 0 aliphatic heterocycles. The van der Waals surface area contributed by atoms with Crippen molar-refractivity contribution >= 4 is 17.6 Å². The summed E-state index contributed by atoms with van der Waals surface area (Å²) in [6.45, 7) is 6.02. The molecule has 72 valence electrons. The van der Waals surface area contributed by atoms with Crippen LogP contribution in [0.1, 0.15) is 13.8 Å². The van der Waals surface area contributed by atoms with Gasteiger partial charge in [-0.25, -0.2) is 4.79 Å². The summed E-state index contributed by atoms with van der Waals surface area (Å²) in [5.74, 6) is -0.935. The molecule has 3 N–H and O–H groups in total. The lowest BCUT2D eigenvalue weighted by molar-refractivity contribution is -0.132. The maximum Gasteiger partial charge on any atom is 0.330 e. The number of aliphatic carboxylic acids is 1. The standard InChI is InChI=1S/C4H6O2.C3H7ClO2/c1-3(2)4(5)6;1-2(5)3(4)6/h1H2,2H3,(H,5,6);2-3,5-6H,1H3. The molecule has 0 bridgehead atoms. The summed E-state index contributed by atoms with van der Waals surface area (Å²) in [6, 6.07) is 0. The number of halogens is 1. The van der Waals surface area contributed by atoms with Gasteiger partial charge in [0, 0.05) is 5.57 Å². The van der Waals surface area contributed by atoms with Gasteiger partial charge in [-0.05, 0) is 13.8 Å². The van der Waals surface area contributed by atoms with E-state index in [4.69, 9.17) is 26.9 Å². The van der Waals surface area contributed by atoms with Crippen LogP contribution in [0.15, 0.2) is 12.2 Å². The third kappa shape index (κ3) is 12.1. The van der Waals surface area contributed by atoms with Crippen molar-refractivity contribution in [1.29, 1.82) is 0 Å². The Morgan fingerprint density at radius 3 is 1.67 bits per heavy atom. The molecule has 0 saturated heterocycles. The average molecular weight is 197 g/mol. The molecule has 0 aliphatic rings. The van der Waals surface area contributed by atoms with Crippen LogP contribution in [0.4, 0.5) is 0 Å². The van der Waals surface area contributed by atoms with Crippen LogP contribution in [-0.4, -0.2) is 33.0 Å². The number of aliphatic hydroxyl groups is 2. The number of carbonyl (C=O) groups is 1. The summed E-state index contributed by atoms with van der Waals surface area (Å²) in [5.41, 5.74) is -0.944. The molecule has 0 rings (SSSR count). The second kappa shape index (κ2) is 7.09. The Hall–Kier alpha value is -0.580. The van der Waals surface area contributed by atoms with Gasteiger partial charge >= 0.3 is 5.97 Å². The zero-order valence-corrected chi connectivity index (χ0v) is 7.75. The average Bonchev–Trinajstić information content (AvgIpc) is 1.88. The Bertz CT molecular complexity index is 135. The number of carboxylic acids is 1. The van der Waals surface area contributed by atoms with Crippen LogP contribution in [0.5, 0.6) is 0 Å². The highest BCUT2D eigenvalue weighted by Gasteiger charge is 2.02. The number of rotatable bonds is 2. The van der Waals surface area contributed by atoms with E-state index in [0.29, 0.717) is 0 Å². The summed E-state index contributed by atoms with van der Waals surface area (Å²) in [4.78, 5) is 9.60. The van der Waals surface area contributed by atoms with Crippen molar-refractivity contribution in [3.63, 3.8) is 0 Å². The van der Waals surface area contributed by atoms with E-state index in [1.807, 2.05) is 0 Å². The maximum absolute atomic E-state index is 9.60. The van der Waals surface area contributed by atoms with Gasteiger partial charge < -0.3 is 15.3 Å². The Kier molecular flexibility index (Phi) is 8.26. The molecule has 2 atom stereocenters. The maximum atomic E-state index is 9.60. The lowest BCUT2D eigenvalue weighted by Gasteiger charge is -2.01. The monoisotopic (exact) mass is 196 g/mol. The SMILES string of the molecule is C=C(C)C(=O)O.CC(O)C(O)Cl. The predicted octanol–water partition coefficient (Wildman–Crippen LogP) is 0.571. The fourth-order valence-electron chi connectivity index (χ4n) is 0. The van der Waals surface area contributed by atoms with E-state index in [2.05, 4.69) is 6.58 Å². The fourth-order valence-corrected chi connectivity index (χ4v) is 0. The number of aliphatic hydroxyl groups excluding tert-OH is 2. The first kappa shape index (κ1) is 14.0. The smallest absolute Gasteiger partial charge is 0.330 e. The van der Waals surface area contributed by atoms with Gasteiger partial charge in [0.05, 0.1) is 6.10 Å². The third-order valence-electron chi connectivity index (χ3n) is 0.763. The second-order valence-electron chi connectivity index (χ2n) is 2.20. The topological polar surface area (TPSA) is 77.8 Å². The van der Waals surface area contributed by atoms with Gasteiger partial charge in [0.25, 0.3) is 0 Å². The number of hydrogen-bond donors (Lipinski definition) is 3. The van der Waals surface area contributed by atoms with Crippen LogP contribution in [0.3, 0.4) is 0 Å². The molecule has 0 aromatic carbocycles. The van der Waals surface area contributed by atoms with Gasteiger partial charge in [-0.15, -0.1) is 0 Å². The Morgan fingerprint density at radius 1 is 1.50 bits per heavy atom. The molecule has 0 spiro atoms. The van der Waals surface area contributed by atoms with E-state index in [1.54, 1.807) is 0 Å². The summed E-state index contributed by atoms with van der Waals surface area (Å²) in [5, 5.41) is 24.3. The van der Waals surface area contributed by atoms with Crippen LogP contribution in [-0.2, 0) is 4.79 Å². The molecule has 0 amide bonds. The van der Waals surface area contributed by atoms with Gasteiger partial charge in [0.15, 0.2) is 5.56 Å². The quantitative estimate of drug-likeness (QED) is 0.446. The van der Waals surface area contributed by atoms with Crippen molar-refractivity contribution in [3.05, 3.63) is 12.2 Å². The lowest BCUT2D eigenvalue weighted by Crippen LogP contribution is -2.14. The van der Waals surface area contributed by atoms with Gasteiger partial charge in [0.2, 0.25) is 0 Å². The third-order valence-corrected chi connectivity index (χ3v) is 1.13. The van der Waals surface area contributed by atoms with Crippen LogP contribution >= 0.6 is 11.6 Å². The van der Waals surface area contributed by atoms with E-state index in [-0.39, 0.29) is 5.57 Å². The van der Waals surface area contributed by atoms with E-state index >= 15 is 0 Å². The molecule has 0 aromatic rings. The molecular formula is C7H13ClO4. The Balaban J connectivity index is 0. The summed E-state index contributed by atoms with van der Waals surface area (Å²) >= 11 is 4.92. The minimum atomic E-state index is -1.12. The lowest BCUT2D eigenvalue weighted by atomic mass is 10.4. The summed E-state index contributed by atoms with van der Waals surface area (Å²) in [7, 11) is 0. The van der Waals surface area contributed by atoms with Crippen LogP contribution in [0.2, 0.25) is 0 Å². The molecule has 5 heteroatoms. The highest BCUT2D eigenvalue weighted by Crippen LogP contribution is 1.94. The molecule has 0 radical (unpaired) electrons. The van der Waals surface area contributed by atoms with Crippen molar-refractivity contribution in [2.45, 2.75) is 25.5 Å². The van der Waals surface area contributed by atoms with Crippen molar-refractivity contribution in [1.82, 2.24) is 0 Å². The van der Waals surface area contributed by atoms with Crippen LogP contribution in [0.25, 0.3) is 0 Å². The van der Waals surface area contributed by atoms with Gasteiger partial charge in [-0.3, -0.25) is 0 Å². The molecule has 0 fully saturated rings. The zero-order chi connectivity index (χ0) is 10.3. The van der Waals surface area contributed by atoms with Crippen molar-refractivity contribution in [2.75, 3.05) is 0 Å². The molecule has 0 aromatic heterocycles. The minimum Gasteiger partial charge on any atom is -0.478 e. The van der Waals surface area contributed by atoms with Gasteiger partial charge in [0.1, 0.15) is 0 Å². The van der Waals surface area contributed by atoms with E-state index < -0.39 is 17.6 Å². The van der Waals surface area contributed by atoms with Crippen molar-refractivity contribution < 1.29 is 20.1 Å². The van der Waals surface area contributed by atoms with Crippen molar-refractivity contribution in [2.24, 2.45) is 0 Å².